The summed E-state index contributed by atoms with van der Waals surface area (Å²) >= 11 is 0. The highest BCUT2D eigenvalue weighted by molar-refractivity contribution is 5.76. The highest BCUT2D eigenvalue weighted by Gasteiger charge is 2.18. The molecule has 0 saturated heterocycles. The molecule has 6 nitrogen and oxygen atoms in total. The molecule has 0 fully saturated rings. The summed E-state index contributed by atoms with van der Waals surface area (Å²) < 4.78 is 0. The summed E-state index contributed by atoms with van der Waals surface area (Å²) in [5.41, 5.74) is 3.58. The second-order valence-electron chi connectivity index (χ2n) is 8.53. The van der Waals surface area contributed by atoms with Gasteiger partial charge in [0.2, 0.25) is 5.56 Å². The molecule has 0 radical (unpaired) electrons. The monoisotopic (exact) mass is 399 g/mol. The van der Waals surface area contributed by atoms with E-state index in [1.54, 1.807) is 12.3 Å². The maximum absolute atomic E-state index is 11.4. The van der Waals surface area contributed by atoms with Crippen LogP contribution in [0.5, 0.6) is 0 Å². The number of benzene rings is 1. The third-order valence-corrected chi connectivity index (χ3v) is 4.65. The number of nitrogens with zero attached hydrogens (tertiary/aromatic N) is 1. The third kappa shape index (κ3) is 6.97. The minimum atomic E-state index is -0.807. The summed E-state index contributed by atoms with van der Waals surface area (Å²) in [6.07, 6.45) is 1.73. The Morgan fingerprint density at radius 3 is 2.24 bits per heavy atom. The fourth-order valence-corrected chi connectivity index (χ4v) is 3.41. The van der Waals surface area contributed by atoms with Gasteiger partial charge in [-0.2, -0.15) is 0 Å². The molecule has 1 aromatic heterocycles. The summed E-state index contributed by atoms with van der Waals surface area (Å²) in [5.74, 6) is 0.0971. The molecule has 2 rings (SSSR count). The lowest BCUT2D eigenvalue weighted by atomic mass is 9.96. The molecule has 29 heavy (non-hydrogen) atoms. The maximum atomic E-state index is 11.4. The molecule has 0 aliphatic carbocycles. The fraction of sp³-hybridized carbons (Fsp3) is 0.478. The summed E-state index contributed by atoms with van der Waals surface area (Å²) in [6.45, 7) is 12.6. The van der Waals surface area contributed by atoms with Crippen LogP contribution in [0.15, 0.2) is 41.3 Å². The number of carbonyl (C=O) groups is 1. The van der Waals surface area contributed by atoms with Gasteiger partial charge in [-0.15, -0.1) is 0 Å². The van der Waals surface area contributed by atoms with Gasteiger partial charge in [0, 0.05) is 25.4 Å². The van der Waals surface area contributed by atoms with Crippen molar-refractivity contribution >= 4 is 23.0 Å². The van der Waals surface area contributed by atoms with Crippen LogP contribution in [-0.2, 0) is 4.79 Å². The van der Waals surface area contributed by atoms with Gasteiger partial charge >= 0.3 is 5.97 Å². The first-order chi connectivity index (χ1) is 13.7. The van der Waals surface area contributed by atoms with Crippen molar-refractivity contribution < 1.29 is 9.90 Å². The zero-order chi connectivity index (χ0) is 21.6. The second-order valence-corrected chi connectivity index (χ2v) is 8.53. The van der Waals surface area contributed by atoms with Gasteiger partial charge in [-0.3, -0.25) is 9.59 Å². The Morgan fingerprint density at radius 1 is 1.07 bits per heavy atom. The topological polar surface area (TPSA) is 85.4 Å². The van der Waals surface area contributed by atoms with Crippen LogP contribution in [0.3, 0.4) is 0 Å². The van der Waals surface area contributed by atoms with E-state index in [0.29, 0.717) is 11.8 Å². The van der Waals surface area contributed by atoms with Gasteiger partial charge in [-0.1, -0.05) is 40.7 Å². The van der Waals surface area contributed by atoms with Crippen LogP contribution < -0.4 is 15.8 Å². The molecule has 3 N–H and O–H groups in total. The summed E-state index contributed by atoms with van der Waals surface area (Å²) in [4.78, 5) is 27.6. The number of carboxylic acid groups (broad SMARTS) is 1. The second kappa shape index (κ2) is 10.1. The largest absolute Gasteiger partial charge is 0.481 e. The number of hydrogen-bond acceptors (Lipinski definition) is 4. The molecule has 0 amide bonds. The van der Waals surface area contributed by atoms with Crippen molar-refractivity contribution in [2.45, 2.75) is 47.0 Å². The van der Waals surface area contributed by atoms with Crippen LogP contribution in [0, 0.1) is 11.8 Å². The number of anilines is 3. The Bertz CT molecular complexity index is 843. The van der Waals surface area contributed by atoms with Gasteiger partial charge in [0.1, 0.15) is 0 Å². The first-order valence-electron chi connectivity index (χ1n) is 10.2. The Labute approximate surface area is 173 Å². The van der Waals surface area contributed by atoms with E-state index in [1.807, 2.05) is 19.1 Å². The minimum Gasteiger partial charge on any atom is -0.481 e. The lowest BCUT2D eigenvalue weighted by Gasteiger charge is -2.31. The van der Waals surface area contributed by atoms with E-state index in [-0.39, 0.29) is 17.9 Å². The van der Waals surface area contributed by atoms with E-state index >= 15 is 0 Å². The Kier molecular flexibility index (Phi) is 7.88. The summed E-state index contributed by atoms with van der Waals surface area (Å²) in [5, 5.41) is 12.6. The number of hydrogen-bond donors (Lipinski definition) is 3. The molecular weight excluding hydrogens is 366 g/mol. The standard InChI is InChI=1S/C23H33N3O3/c1-15(2)13-26(14-16(3)4)21-8-6-18(17(5)10-23(28)29)11-20(21)25-19-7-9-22(27)24-12-19/h6-9,11-12,15-17,25H,10,13-14H2,1-5H3,(H,24,27)(H,28,29)/t17-/m1/s1. The lowest BCUT2D eigenvalue weighted by Crippen LogP contribution is -2.31. The van der Waals surface area contributed by atoms with Crippen molar-refractivity contribution in [1.29, 1.82) is 0 Å². The van der Waals surface area contributed by atoms with Crippen LogP contribution in [0.25, 0.3) is 0 Å². The van der Waals surface area contributed by atoms with Gasteiger partial charge in [0.15, 0.2) is 0 Å². The number of aromatic nitrogens is 1. The molecular formula is C23H33N3O3. The molecule has 0 aliphatic rings. The highest BCUT2D eigenvalue weighted by atomic mass is 16.4. The number of rotatable bonds is 10. The molecule has 0 aliphatic heterocycles. The number of carboxylic acids is 1. The molecule has 0 saturated carbocycles. The van der Waals surface area contributed by atoms with Crippen molar-refractivity contribution in [3.05, 3.63) is 52.4 Å². The first-order valence-corrected chi connectivity index (χ1v) is 10.2. The highest BCUT2D eigenvalue weighted by Crippen LogP contribution is 2.34. The normalized spacial score (nSPS) is 12.2. The van der Waals surface area contributed by atoms with Gasteiger partial charge in [-0.25, -0.2) is 0 Å². The maximum Gasteiger partial charge on any atom is 0.303 e. The molecule has 158 valence electrons. The SMILES string of the molecule is CC(C)CN(CC(C)C)c1ccc([C@H](C)CC(=O)O)cc1Nc1ccc(=O)[nH]c1. The van der Waals surface area contributed by atoms with Gasteiger partial charge in [0.25, 0.3) is 0 Å². The summed E-state index contributed by atoms with van der Waals surface area (Å²) in [6, 6.07) is 9.35. The lowest BCUT2D eigenvalue weighted by molar-refractivity contribution is -0.137. The Morgan fingerprint density at radius 2 is 1.72 bits per heavy atom. The summed E-state index contributed by atoms with van der Waals surface area (Å²) in [7, 11) is 0. The Hall–Kier alpha value is -2.76. The first kappa shape index (κ1) is 22.5. The van der Waals surface area contributed by atoms with Crippen LogP contribution in [-0.4, -0.2) is 29.1 Å². The smallest absolute Gasteiger partial charge is 0.303 e. The molecule has 1 atom stereocenters. The van der Waals surface area contributed by atoms with Crippen molar-refractivity contribution in [2.75, 3.05) is 23.3 Å². The van der Waals surface area contributed by atoms with E-state index in [2.05, 4.69) is 49.0 Å². The van der Waals surface area contributed by atoms with E-state index in [0.717, 1.165) is 35.7 Å². The molecule has 0 unspecified atom stereocenters. The average molecular weight is 400 g/mol. The van der Waals surface area contributed by atoms with E-state index in [4.69, 9.17) is 5.11 Å². The van der Waals surface area contributed by atoms with Crippen molar-refractivity contribution in [1.82, 2.24) is 4.98 Å². The quantitative estimate of drug-likeness (QED) is 0.533. The number of aromatic amines is 1. The van der Waals surface area contributed by atoms with E-state index < -0.39 is 5.97 Å². The number of nitrogens with one attached hydrogen (secondary N) is 2. The Balaban J connectivity index is 2.47. The van der Waals surface area contributed by atoms with Crippen LogP contribution >= 0.6 is 0 Å². The van der Waals surface area contributed by atoms with Gasteiger partial charge in [0.05, 0.1) is 23.5 Å². The predicted octanol–water partition coefficient (Wildman–Crippen LogP) is 4.82. The van der Waals surface area contributed by atoms with Crippen molar-refractivity contribution in [3.8, 4) is 0 Å². The third-order valence-electron chi connectivity index (χ3n) is 4.65. The molecule has 1 heterocycles. The zero-order valence-corrected chi connectivity index (χ0v) is 18.0. The number of pyridine rings is 1. The van der Waals surface area contributed by atoms with E-state index in [1.165, 1.54) is 6.07 Å². The molecule has 0 spiro atoms. The van der Waals surface area contributed by atoms with E-state index in [9.17, 15) is 9.59 Å². The fourth-order valence-electron chi connectivity index (χ4n) is 3.41. The minimum absolute atomic E-state index is 0.0825. The van der Waals surface area contributed by atoms with Crippen molar-refractivity contribution in [2.24, 2.45) is 11.8 Å². The molecule has 1 aromatic carbocycles. The van der Waals surface area contributed by atoms with Crippen LogP contribution in [0.4, 0.5) is 17.1 Å². The molecule has 6 heteroatoms. The van der Waals surface area contributed by atoms with Gasteiger partial charge < -0.3 is 20.3 Å². The predicted molar refractivity (Wildman–Crippen MR) is 119 cm³/mol. The zero-order valence-electron chi connectivity index (χ0n) is 18.0. The average Bonchev–Trinajstić information content (AvgIpc) is 2.61. The van der Waals surface area contributed by atoms with Crippen LogP contribution in [0.2, 0.25) is 0 Å². The van der Waals surface area contributed by atoms with Crippen molar-refractivity contribution in [3.63, 3.8) is 0 Å². The van der Waals surface area contributed by atoms with Gasteiger partial charge in [-0.05, 0) is 41.5 Å². The number of aliphatic carboxylic acids is 1. The number of H-pyrrole nitrogens is 1. The molecule has 2 aromatic rings. The molecule has 0 bridgehead atoms. The van der Waals surface area contributed by atoms with Crippen LogP contribution in [0.1, 0.15) is 52.5 Å².